The van der Waals surface area contributed by atoms with E-state index in [1.54, 1.807) is 6.07 Å². The maximum absolute atomic E-state index is 13.1. The summed E-state index contributed by atoms with van der Waals surface area (Å²) in [7, 11) is 0. The van der Waals surface area contributed by atoms with E-state index in [1.807, 2.05) is 0 Å². The third-order valence-electron chi connectivity index (χ3n) is 3.24. The number of carbonyl (C=O) groups excluding carboxylic acids is 1. The van der Waals surface area contributed by atoms with Gasteiger partial charge in [-0.05, 0) is 48.3 Å². The van der Waals surface area contributed by atoms with Gasteiger partial charge >= 0.3 is 0 Å². The second kappa shape index (κ2) is 3.01. The topological polar surface area (TPSA) is 41.1 Å². The van der Waals surface area contributed by atoms with Crippen LogP contribution in [0.5, 0.6) is 0 Å². The Labute approximate surface area is 97.0 Å². The van der Waals surface area contributed by atoms with Crippen LogP contribution in [-0.2, 0) is 16.8 Å². The Bertz CT molecular complexity index is 517. The molecule has 5 heteroatoms. The fraction of sp³-hybridized carbons (Fsp3) is 0.273. The molecule has 0 radical (unpaired) electrons. The third kappa shape index (κ3) is 1.12. The first kappa shape index (κ1) is 9.72. The summed E-state index contributed by atoms with van der Waals surface area (Å²) in [5.74, 6) is -0.403. The highest BCUT2D eigenvalue weighted by Gasteiger charge is 2.50. The smallest absolute Gasteiger partial charge is 0.256 e. The first-order valence-electron chi connectivity index (χ1n) is 5.04. The summed E-state index contributed by atoms with van der Waals surface area (Å²) in [6.45, 7) is 0. The fourth-order valence-electron chi connectivity index (χ4n) is 2.50. The van der Waals surface area contributed by atoms with Crippen LogP contribution in [0, 0.1) is 5.82 Å². The Morgan fingerprint density at radius 2 is 2.25 bits per heavy atom. The quantitative estimate of drug-likeness (QED) is 0.660. The molecule has 2 N–H and O–H groups in total. The number of hydrogen-bond acceptors (Lipinski definition) is 2. The van der Waals surface area contributed by atoms with Crippen LogP contribution < -0.4 is 10.6 Å². The first-order chi connectivity index (χ1) is 7.62. The molecule has 1 aliphatic carbocycles. The predicted molar refractivity (Wildman–Crippen MR) is 60.3 cm³/mol. The van der Waals surface area contributed by atoms with Gasteiger partial charge < -0.3 is 10.6 Å². The van der Waals surface area contributed by atoms with Crippen molar-refractivity contribution in [2.45, 2.75) is 18.4 Å². The zero-order chi connectivity index (χ0) is 11.3. The number of hydrogen-bond donors (Lipinski definition) is 2. The number of amides is 1. The standard InChI is InChI=1S/C11H9FN2OS/c12-7-1-2-8-6(5-7)3-4-11(8)9(15)13-10(16)14-11/h1-2,5H,3-4H2,(H2,13,14,15,16). The van der Waals surface area contributed by atoms with Gasteiger partial charge in [-0.1, -0.05) is 6.07 Å². The molecule has 1 unspecified atom stereocenters. The Morgan fingerprint density at radius 3 is 2.94 bits per heavy atom. The summed E-state index contributed by atoms with van der Waals surface area (Å²) in [6, 6.07) is 4.53. The van der Waals surface area contributed by atoms with E-state index in [1.165, 1.54) is 12.1 Å². The number of nitrogens with one attached hydrogen (secondary N) is 2. The second-order valence-electron chi connectivity index (χ2n) is 4.12. The summed E-state index contributed by atoms with van der Waals surface area (Å²) in [5, 5.41) is 5.94. The molecule has 1 heterocycles. The minimum atomic E-state index is -0.764. The van der Waals surface area contributed by atoms with Crippen LogP contribution in [0.15, 0.2) is 18.2 Å². The summed E-state index contributed by atoms with van der Waals surface area (Å²) < 4.78 is 13.1. The summed E-state index contributed by atoms with van der Waals surface area (Å²) in [4.78, 5) is 11.9. The number of fused-ring (bicyclic) bond motifs is 2. The molecule has 1 aromatic rings. The molecule has 1 fully saturated rings. The van der Waals surface area contributed by atoms with Crippen LogP contribution in [0.25, 0.3) is 0 Å². The van der Waals surface area contributed by atoms with E-state index in [9.17, 15) is 9.18 Å². The molecule has 1 atom stereocenters. The number of rotatable bonds is 0. The summed E-state index contributed by atoms with van der Waals surface area (Å²) >= 11 is 4.94. The van der Waals surface area contributed by atoms with Crippen molar-refractivity contribution in [3.05, 3.63) is 35.1 Å². The third-order valence-corrected chi connectivity index (χ3v) is 3.44. The summed E-state index contributed by atoms with van der Waals surface area (Å²) in [5.41, 5.74) is 0.957. The van der Waals surface area contributed by atoms with Gasteiger partial charge in [-0.2, -0.15) is 0 Å². The first-order valence-corrected chi connectivity index (χ1v) is 5.45. The number of halogens is 1. The van der Waals surface area contributed by atoms with Gasteiger partial charge in [0, 0.05) is 0 Å². The molecule has 2 aliphatic rings. The van der Waals surface area contributed by atoms with Gasteiger partial charge in [-0.3, -0.25) is 4.79 Å². The molecule has 3 nitrogen and oxygen atoms in total. The average molecular weight is 236 g/mol. The highest BCUT2D eigenvalue weighted by Crippen LogP contribution is 2.39. The monoisotopic (exact) mass is 236 g/mol. The Kier molecular flexibility index (Phi) is 1.83. The molecule has 1 saturated heterocycles. The van der Waals surface area contributed by atoms with Crippen molar-refractivity contribution in [2.24, 2.45) is 0 Å². The molecular formula is C11H9FN2OS. The molecule has 1 spiro atoms. The largest absolute Gasteiger partial charge is 0.344 e. The highest BCUT2D eigenvalue weighted by molar-refractivity contribution is 7.80. The van der Waals surface area contributed by atoms with Crippen LogP contribution >= 0.6 is 12.2 Å². The number of aryl methyl sites for hydroxylation is 1. The lowest BCUT2D eigenvalue weighted by Crippen LogP contribution is -2.41. The van der Waals surface area contributed by atoms with E-state index in [-0.39, 0.29) is 11.7 Å². The molecule has 0 saturated carbocycles. The van der Waals surface area contributed by atoms with Crippen LogP contribution in [0.3, 0.4) is 0 Å². The zero-order valence-corrected chi connectivity index (χ0v) is 9.16. The van der Waals surface area contributed by atoms with Gasteiger partial charge in [0.05, 0.1) is 0 Å². The second-order valence-corrected chi connectivity index (χ2v) is 4.52. The van der Waals surface area contributed by atoms with Crippen molar-refractivity contribution >= 4 is 23.2 Å². The molecule has 3 rings (SSSR count). The molecular weight excluding hydrogens is 227 g/mol. The summed E-state index contributed by atoms with van der Waals surface area (Å²) in [6.07, 6.45) is 1.31. The van der Waals surface area contributed by atoms with Crippen molar-refractivity contribution in [3.63, 3.8) is 0 Å². The maximum Gasteiger partial charge on any atom is 0.256 e. The average Bonchev–Trinajstić information content (AvgIpc) is 2.70. The van der Waals surface area contributed by atoms with E-state index in [2.05, 4.69) is 10.6 Å². The molecule has 0 aromatic heterocycles. The lowest BCUT2D eigenvalue weighted by Gasteiger charge is -2.21. The maximum atomic E-state index is 13.1. The van der Waals surface area contributed by atoms with E-state index in [0.717, 1.165) is 11.1 Å². The van der Waals surface area contributed by atoms with E-state index >= 15 is 0 Å². The Balaban J connectivity index is 2.15. The lowest BCUT2D eigenvalue weighted by molar-refractivity contribution is -0.124. The van der Waals surface area contributed by atoms with Crippen molar-refractivity contribution in [2.75, 3.05) is 0 Å². The molecule has 1 aromatic carbocycles. The van der Waals surface area contributed by atoms with E-state index < -0.39 is 5.54 Å². The Hall–Kier alpha value is -1.49. The van der Waals surface area contributed by atoms with E-state index in [4.69, 9.17) is 12.2 Å². The molecule has 1 amide bonds. The van der Waals surface area contributed by atoms with Crippen molar-refractivity contribution in [3.8, 4) is 0 Å². The molecule has 0 bridgehead atoms. The minimum Gasteiger partial charge on any atom is -0.344 e. The van der Waals surface area contributed by atoms with Gasteiger partial charge in [0.15, 0.2) is 5.11 Å². The normalized spacial score (nSPS) is 26.8. The molecule has 1 aliphatic heterocycles. The van der Waals surface area contributed by atoms with Gasteiger partial charge in [0.2, 0.25) is 0 Å². The van der Waals surface area contributed by atoms with Gasteiger partial charge in [-0.15, -0.1) is 0 Å². The van der Waals surface area contributed by atoms with Gasteiger partial charge in [0.1, 0.15) is 11.4 Å². The van der Waals surface area contributed by atoms with Gasteiger partial charge in [-0.25, -0.2) is 4.39 Å². The SMILES string of the molecule is O=C1NC(=S)NC12CCc1cc(F)ccc12. The van der Waals surface area contributed by atoms with Crippen LogP contribution in [0.1, 0.15) is 17.5 Å². The fourth-order valence-corrected chi connectivity index (χ4v) is 2.77. The zero-order valence-electron chi connectivity index (χ0n) is 8.34. The molecule has 16 heavy (non-hydrogen) atoms. The number of carbonyl (C=O) groups is 1. The van der Waals surface area contributed by atoms with Crippen LogP contribution in [-0.4, -0.2) is 11.0 Å². The van der Waals surface area contributed by atoms with Crippen LogP contribution in [0.4, 0.5) is 4.39 Å². The predicted octanol–water partition coefficient (Wildman–Crippen LogP) is 0.972. The number of thiocarbonyl (C=S) groups is 1. The molecule has 82 valence electrons. The van der Waals surface area contributed by atoms with Gasteiger partial charge in [0.25, 0.3) is 5.91 Å². The van der Waals surface area contributed by atoms with Crippen LogP contribution in [0.2, 0.25) is 0 Å². The Morgan fingerprint density at radius 1 is 1.44 bits per heavy atom. The minimum absolute atomic E-state index is 0.136. The van der Waals surface area contributed by atoms with Crippen molar-refractivity contribution in [1.29, 1.82) is 0 Å². The van der Waals surface area contributed by atoms with E-state index in [0.29, 0.717) is 18.0 Å². The van der Waals surface area contributed by atoms with Crippen molar-refractivity contribution in [1.82, 2.24) is 10.6 Å². The van der Waals surface area contributed by atoms with Crippen molar-refractivity contribution < 1.29 is 9.18 Å². The lowest BCUT2D eigenvalue weighted by atomic mass is 9.92. The highest BCUT2D eigenvalue weighted by atomic mass is 32.1. The number of benzene rings is 1.